The molecule has 0 unspecified atom stereocenters. The lowest BCUT2D eigenvalue weighted by Crippen LogP contribution is -2.06. The molecule has 170 valence electrons. The monoisotopic (exact) mass is 457 g/mol. The number of pyridine rings is 1. The molecule has 0 atom stereocenters. The van der Waals surface area contributed by atoms with Crippen molar-refractivity contribution in [1.82, 2.24) is 24.7 Å². The Morgan fingerprint density at radius 1 is 0.686 bits per heavy atom. The fourth-order valence-electron chi connectivity index (χ4n) is 4.33. The van der Waals surface area contributed by atoms with Crippen molar-refractivity contribution >= 4 is 21.8 Å². The summed E-state index contributed by atoms with van der Waals surface area (Å²) in [4.78, 5) is 9.06. The molecule has 0 bridgehead atoms. The quantitative estimate of drug-likeness (QED) is 0.293. The van der Waals surface area contributed by atoms with Crippen molar-refractivity contribution in [2.75, 3.05) is 0 Å². The van der Waals surface area contributed by atoms with Crippen LogP contribution in [0.1, 0.15) is 17.0 Å². The number of hydrogen-bond donors (Lipinski definition) is 0. The Kier molecular flexibility index (Phi) is 4.99. The minimum absolute atomic E-state index is 0.569. The summed E-state index contributed by atoms with van der Waals surface area (Å²) >= 11 is 0. The number of aryl methyl sites for hydroxylation is 3. The molecule has 3 aromatic heterocycles. The van der Waals surface area contributed by atoms with Gasteiger partial charge in [0.25, 0.3) is 5.95 Å². The number of hydrogen-bond acceptors (Lipinski definition) is 5. The molecule has 0 fully saturated rings. The Labute approximate surface area is 202 Å². The molecule has 6 nitrogen and oxygen atoms in total. The first kappa shape index (κ1) is 21.0. The van der Waals surface area contributed by atoms with Gasteiger partial charge in [-0.05, 0) is 67.8 Å². The van der Waals surface area contributed by atoms with Gasteiger partial charge in [-0.15, -0.1) is 5.10 Å². The lowest BCUT2D eigenvalue weighted by atomic mass is 10.0. The normalized spacial score (nSPS) is 11.3. The largest absolute Gasteiger partial charge is 0.439 e. The topological polar surface area (TPSA) is 65.7 Å². The SMILES string of the molecule is Cc1ccnc(Oc2cccc(-c3ccc4c5ccccc5n(-c5nnc(C)c(C)n5)c4c3)c2)c1. The second kappa shape index (κ2) is 8.33. The summed E-state index contributed by atoms with van der Waals surface area (Å²) in [7, 11) is 0. The van der Waals surface area contributed by atoms with Crippen LogP contribution in [0.5, 0.6) is 11.6 Å². The molecule has 0 aliphatic rings. The predicted octanol–water partition coefficient (Wildman–Crippen LogP) is 6.75. The van der Waals surface area contributed by atoms with Gasteiger partial charge in [-0.1, -0.05) is 42.5 Å². The Balaban J connectivity index is 1.50. The fourth-order valence-corrected chi connectivity index (χ4v) is 4.33. The Morgan fingerprint density at radius 3 is 2.37 bits per heavy atom. The van der Waals surface area contributed by atoms with E-state index in [4.69, 9.17) is 9.72 Å². The van der Waals surface area contributed by atoms with Crippen LogP contribution in [0.25, 0.3) is 38.9 Å². The highest BCUT2D eigenvalue weighted by Crippen LogP contribution is 2.35. The smallest absolute Gasteiger partial charge is 0.254 e. The first-order valence-corrected chi connectivity index (χ1v) is 11.5. The number of rotatable bonds is 4. The molecular formula is C29H23N5O. The maximum atomic E-state index is 6.03. The minimum Gasteiger partial charge on any atom is -0.439 e. The second-order valence-corrected chi connectivity index (χ2v) is 8.67. The van der Waals surface area contributed by atoms with Crippen LogP contribution in [0.15, 0.2) is 85.1 Å². The highest BCUT2D eigenvalue weighted by molar-refractivity contribution is 6.09. The predicted molar refractivity (Wildman–Crippen MR) is 138 cm³/mol. The molecule has 0 N–H and O–H groups in total. The average Bonchev–Trinajstić information content (AvgIpc) is 3.20. The number of para-hydroxylation sites is 1. The van der Waals surface area contributed by atoms with Gasteiger partial charge in [0.15, 0.2) is 0 Å². The molecule has 0 spiro atoms. The molecule has 0 saturated heterocycles. The van der Waals surface area contributed by atoms with E-state index in [9.17, 15) is 0 Å². The third-order valence-corrected chi connectivity index (χ3v) is 6.23. The zero-order valence-corrected chi connectivity index (χ0v) is 19.7. The van der Waals surface area contributed by atoms with E-state index in [1.807, 2.05) is 57.2 Å². The molecule has 3 heterocycles. The zero-order valence-electron chi connectivity index (χ0n) is 19.7. The molecule has 3 aromatic carbocycles. The van der Waals surface area contributed by atoms with Gasteiger partial charge in [0.1, 0.15) is 5.75 Å². The second-order valence-electron chi connectivity index (χ2n) is 8.67. The minimum atomic E-state index is 0.569. The molecular weight excluding hydrogens is 434 g/mol. The van der Waals surface area contributed by atoms with Crippen LogP contribution < -0.4 is 4.74 Å². The molecule has 6 heteroatoms. The van der Waals surface area contributed by atoms with Gasteiger partial charge in [0.05, 0.1) is 22.4 Å². The van der Waals surface area contributed by atoms with Crippen LogP contribution in [-0.2, 0) is 0 Å². The van der Waals surface area contributed by atoms with E-state index >= 15 is 0 Å². The number of benzene rings is 3. The van der Waals surface area contributed by atoms with Crippen molar-refractivity contribution in [2.24, 2.45) is 0 Å². The van der Waals surface area contributed by atoms with Gasteiger partial charge in [0, 0.05) is 23.0 Å². The van der Waals surface area contributed by atoms with Gasteiger partial charge in [0.2, 0.25) is 5.88 Å². The van der Waals surface area contributed by atoms with Crippen molar-refractivity contribution in [3.63, 3.8) is 0 Å². The van der Waals surface area contributed by atoms with Crippen molar-refractivity contribution in [2.45, 2.75) is 20.8 Å². The van der Waals surface area contributed by atoms with Crippen molar-refractivity contribution < 1.29 is 4.74 Å². The van der Waals surface area contributed by atoms with Gasteiger partial charge in [-0.3, -0.25) is 4.57 Å². The summed E-state index contributed by atoms with van der Waals surface area (Å²) in [6, 6.07) is 26.7. The van der Waals surface area contributed by atoms with E-state index < -0.39 is 0 Å². The maximum absolute atomic E-state index is 6.03. The van der Waals surface area contributed by atoms with Gasteiger partial charge in [-0.2, -0.15) is 5.10 Å². The highest BCUT2D eigenvalue weighted by Gasteiger charge is 2.16. The van der Waals surface area contributed by atoms with Crippen LogP contribution in [0.4, 0.5) is 0 Å². The molecule has 0 aliphatic carbocycles. The van der Waals surface area contributed by atoms with Gasteiger partial charge < -0.3 is 4.74 Å². The van der Waals surface area contributed by atoms with Crippen molar-refractivity contribution in [3.05, 3.63) is 102 Å². The third kappa shape index (κ3) is 3.79. The highest BCUT2D eigenvalue weighted by atomic mass is 16.5. The average molecular weight is 458 g/mol. The molecule has 35 heavy (non-hydrogen) atoms. The first-order chi connectivity index (χ1) is 17.1. The maximum Gasteiger partial charge on any atom is 0.254 e. The van der Waals surface area contributed by atoms with Crippen molar-refractivity contribution in [1.29, 1.82) is 0 Å². The van der Waals surface area contributed by atoms with E-state index in [2.05, 4.69) is 62.2 Å². The van der Waals surface area contributed by atoms with E-state index in [0.717, 1.165) is 55.6 Å². The summed E-state index contributed by atoms with van der Waals surface area (Å²) < 4.78 is 8.12. The Hall–Kier alpha value is -4.58. The van der Waals surface area contributed by atoms with Gasteiger partial charge in [-0.25, -0.2) is 9.97 Å². The molecule has 6 aromatic rings. The zero-order chi connectivity index (χ0) is 23.9. The lowest BCUT2D eigenvalue weighted by molar-refractivity contribution is 0.462. The first-order valence-electron chi connectivity index (χ1n) is 11.5. The van der Waals surface area contributed by atoms with Gasteiger partial charge >= 0.3 is 0 Å². The third-order valence-electron chi connectivity index (χ3n) is 6.23. The molecule has 0 amide bonds. The van der Waals surface area contributed by atoms with Crippen LogP contribution in [0.3, 0.4) is 0 Å². The van der Waals surface area contributed by atoms with E-state index in [-0.39, 0.29) is 0 Å². The van der Waals surface area contributed by atoms with E-state index in [1.165, 1.54) is 0 Å². The Bertz CT molecular complexity index is 1720. The van der Waals surface area contributed by atoms with Crippen LogP contribution in [0, 0.1) is 20.8 Å². The standard InChI is InChI=1S/C29H23N5O/c1-18-13-14-30-28(15-18)35-23-8-6-7-21(16-23)22-11-12-25-24-9-4-5-10-26(24)34(27(25)17-22)29-31-19(2)20(3)32-33-29/h4-17H,1-3H3. The fraction of sp³-hybridized carbons (Fsp3) is 0.103. The van der Waals surface area contributed by atoms with Crippen LogP contribution in [0.2, 0.25) is 0 Å². The number of aromatic nitrogens is 5. The molecule has 6 rings (SSSR count). The van der Waals surface area contributed by atoms with Crippen molar-refractivity contribution in [3.8, 4) is 28.7 Å². The summed E-state index contributed by atoms with van der Waals surface area (Å²) in [5, 5.41) is 11.1. The molecule has 0 saturated carbocycles. The number of ether oxygens (including phenoxy) is 1. The summed E-state index contributed by atoms with van der Waals surface area (Å²) in [5.41, 5.74) is 7.00. The van der Waals surface area contributed by atoms with Crippen LogP contribution >= 0.6 is 0 Å². The number of nitrogens with zero attached hydrogens (tertiary/aromatic N) is 5. The number of fused-ring (bicyclic) bond motifs is 3. The van der Waals surface area contributed by atoms with Crippen LogP contribution in [-0.4, -0.2) is 24.7 Å². The lowest BCUT2D eigenvalue weighted by Gasteiger charge is -2.09. The summed E-state index contributed by atoms with van der Waals surface area (Å²) in [5.74, 6) is 1.89. The van der Waals surface area contributed by atoms with E-state index in [0.29, 0.717) is 11.8 Å². The molecule has 0 aliphatic heterocycles. The summed E-state index contributed by atoms with van der Waals surface area (Å²) in [6.45, 7) is 5.90. The molecule has 0 radical (unpaired) electrons. The summed E-state index contributed by atoms with van der Waals surface area (Å²) in [6.07, 6.45) is 1.75. The van der Waals surface area contributed by atoms with E-state index in [1.54, 1.807) is 6.20 Å². The Morgan fingerprint density at radius 2 is 1.51 bits per heavy atom.